The maximum atomic E-state index is 13.2. The van der Waals surface area contributed by atoms with E-state index in [1.165, 1.54) is 5.56 Å². The van der Waals surface area contributed by atoms with Crippen molar-refractivity contribution in [3.05, 3.63) is 89.5 Å². The van der Waals surface area contributed by atoms with Gasteiger partial charge in [-0.2, -0.15) is 0 Å². The Labute approximate surface area is 163 Å². The van der Waals surface area contributed by atoms with Gasteiger partial charge in [-0.15, -0.1) is 11.8 Å². The lowest BCUT2D eigenvalue weighted by molar-refractivity contribution is 0.0827. The molecule has 1 heterocycles. The minimum Gasteiger partial charge on any atom is -0.492 e. The van der Waals surface area contributed by atoms with Crippen LogP contribution in [0.25, 0.3) is 0 Å². The Morgan fingerprint density at radius 3 is 2.48 bits per heavy atom. The Morgan fingerprint density at radius 2 is 1.70 bits per heavy atom. The number of nitrogen functional groups attached to an aromatic ring is 1. The molecule has 0 saturated carbocycles. The summed E-state index contributed by atoms with van der Waals surface area (Å²) in [6, 6.07) is 23.6. The average molecular weight is 375 g/mol. The van der Waals surface area contributed by atoms with Gasteiger partial charge in [0.25, 0.3) is 0 Å². The lowest BCUT2D eigenvalue weighted by atomic mass is 9.89. The van der Waals surface area contributed by atoms with E-state index in [2.05, 4.69) is 31.2 Å². The zero-order valence-electron chi connectivity index (χ0n) is 15.1. The summed E-state index contributed by atoms with van der Waals surface area (Å²) in [5.74, 6) is 0.530. The van der Waals surface area contributed by atoms with E-state index >= 15 is 0 Å². The van der Waals surface area contributed by atoms with Crippen molar-refractivity contribution < 1.29 is 9.53 Å². The van der Waals surface area contributed by atoms with Crippen LogP contribution in [0.4, 0.5) is 5.69 Å². The van der Waals surface area contributed by atoms with Gasteiger partial charge in [-0.3, -0.25) is 4.79 Å². The van der Waals surface area contributed by atoms with Crippen molar-refractivity contribution in [2.75, 3.05) is 12.3 Å². The molecule has 2 atom stereocenters. The second-order valence-corrected chi connectivity index (χ2v) is 7.95. The predicted octanol–water partition coefficient (Wildman–Crippen LogP) is 5.30. The fourth-order valence-electron chi connectivity index (χ4n) is 3.34. The van der Waals surface area contributed by atoms with E-state index in [1.54, 1.807) is 11.8 Å². The fraction of sp³-hybridized carbons (Fsp3) is 0.174. The van der Waals surface area contributed by atoms with Gasteiger partial charge in [-0.05, 0) is 36.8 Å². The minimum atomic E-state index is -0.271. The van der Waals surface area contributed by atoms with Crippen LogP contribution >= 0.6 is 11.8 Å². The number of aryl methyl sites for hydroxylation is 1. The summed E-state index contributed by atoms with van der Waals surface area (Å²) in [6.45, 7) is 2.43. The number of para-hydroxylation sites is 2. The second kappa shape index (κ2) is 7.49. The first kappa shape index (κ1) is 17.7. The number of carbonyl (C=O) groups is 1. The topological polar surface area (TPSA) is 52.3 Å². The molecule has 3 aromatic carbocycles. The smallest absolute Gasteiger partial charge is 0.174 e. The molecule has 0 amide bonds. The summed E-state index contributed by atoms with van der Waals surface area (Å²) in [7, 11) is 0. The third-order valence-corrected chi connectivity index (χ3v) is 6.33. The van der Waals surface area contributed by atoms with E-state index in [9.17, 15) is 4.79 Å². The molecule has 0 bridgehead atoms. The van der Waals surface area contributed by atoms with Crippen LogP contribution in [0.15, 0.2) is 77.7 Å². The highest BCUT2D eigenvalue weighted by molar-refractivity contribution is 7.99. The number of hydrogen-bond donors (Lipinski definition) is 1. The van der Waals surface area contributed by atoms with E-state index < -0.39 is 0 Å². The number of ketones is 1. The van der Waals surface area contributed by atoms with Crippen molar-refractivity contribution in [1.82, 2.24) is 0 Å². The first-order chi connectivity index (χ1) is 13.1. The molecule has 0 aliphatic carbocycles. The molecule has 0 spiro atoms. The van der Waals surface area contributed by atoms with Crippen LogP contribution in [0.3, 0.4) is 0 Å². The molecule has 4 heteroatoms. The third-order valence-electron chi connectivity index (χ3n) is 4.85. The van der Waals surface area contributed by atoms with Gasteiger partial charge >= 0.3 is 0 Å². The summed E-state index contributed by atoms with van der Waals surface area (Å²) in [4.78, 5) is 14.2. The van der Waals surface area contributed by atoms with Gasteiger partial charge in [0, 0.05) is 15.8 Å². The number of rotatable bonds is 4. The van der Waals surface area contributed by atoms with Gasteiger partial charge in [0.05, 0.1) is 18.1 Å². The Balaban J connectivity index is 1.73. The zero-order valence-corrected chi connectivity index (χ0v) is 15.9. The van der Waals surface area contributed by atoms with E-state index in [0.29, 0.717) is 17.9 Å². The molecule has 3 nitrogen and oxygen atoms in total. The van der Waals surface area contributed by atoms with Gasteiger partial charge in [0.1, 0.15) is 5.75 Å². The first-order valence-corrected chi connectivity index (χ1v) is 9.85. The van der Waals surface area contributed by atoms with Crippen LogP contribution in [0.1, 0.15) is 26.7 Å². The van der Waals surface area contributed by atoms with E-state index in [0.717, 1.165) is 16.1 Å². The molecule has 0 fully saturated rings. The normalized spacial score (nSPS) is 17.1. The van der Waals surface area contributed by atoms with E-state index in [1.807, 2.05) is 48.5 Å². The molecule has 0 radical (unpaired) electrons. The standard InChI is InChI=1S/C23H21NO2S/c1-15-10-12-16(13-11-15)23(27-21-9-5-3-7-19(21)24)18-14-26-20-8-4-2-6-17(20)22(18)25/h2-13,18,23H,14,24H2,1H3/t18-,23-/m1/s1. The summed E-state index contributed by atoms with van der Waals surface area (Å²) < 4.78 is 5.94. The maximum Gasteiger partial charge on any atom is 0.174 e. The number of fused-ring (bicyclic) bond motifs is 1. The van der Waals surface area contributed by atoms with Gasteiger partial charge in [0.15, 0.2) is 5.78 Å². The molecule has 136 valence electrons. The molecular weight excluding hydrogens is 354 g/mol. The highest BCUT2D eigenvalue weighted by atomic mass is 32.2. The number of Topliss-reactive ketones (excluding diaryl/α,β-unsaturated/α-hetero) is 1. The number of carbonyl (C=O) groups excluding carboxylic acids is 1. The van der Waals surface area contributed by atoms with Gasteiger partial charge in [0.2, 0.25) is 0 Å². The number of thioether (sulfide) groups is 1. The van der Waals surface area contributed by atoms with Crippen LogP contribution < -0.4 is 10.5 Å². The Morgan fingerprint density at radius 1 is 1.00 bits per heavy atom. The Hall–Kier alpha value is -2.72. The number of benzene rings is 3. The average Bonchev–Trinajstić information content (AvgIpc) is 2.69. The number of anilines is 1. The molecule has 0 aromatic heterocycles. The summed E-state index contributed by atoms with van der Waals surface area (Å²) in [5.41, 5.74) is 9.86. The molecule has 1 aliphatic rings. The van der Waals surface area contributed by atoms with Crippen molar-refractivity contribution >= 4 is 23.2 Å². The van der Waals surface area contributed by atoms with Crippen LogP contribution in [0.2, 0.25) is 0 Å². The van der Waals surface area contributed by atoms with Crippen molar-refractivity contribution in [3.8, 4) is 5.75 Å². The SMILES string of the molecule is Cc1ccc([C@@H](Sc2ccccc2N)[C@@H]2COc3ccccc3C2=O)cc1. The molecule has 1 aliphatic heterocycles. The van der Waals surface area contributed by atoms with Crippen LogP contribution in [0.5, 0.6) is 5.75 Å². The molecular formula is C23H21NO2S. The number of ether oxygens (including phenoxy) is 1. The summed E-state index contributed by atoms with van der Waals surface area (Å²) in [6.07, 6.45) is 0. The highest BCUT2D eigenvalue weighted by Crippen LogP contribution is 2.46. The maximum absolute atomic E-state index is 13.2. The summed E-state index contributed by atoms with van der Waals surface area (Å²) in [5, 5.41) is -0.0730. The minimum absolute atomic E-state index is 0.0730. The highest BCUT2D eigenvalue weighted by Gasteiger charge is 2.36. The fourth-order valence-corrected chi connectivity index (χ4v) is 4.63. The number of nitrogens with two attached hydrogens (primary N) is 1. The summed E-state index contributed by atoms with van der Waals surface area (Å²) >= 11 is 1.63. The first-order valence-electron chi connectivity index (χ1n) is 8.97. The van der Waals surface area contributed by atoms with Crippen molar-refractivity contribution in [3.63, 3.8) is 0 Å². The van der Waals surface area contributed by atoms with Gasteiger partial charge in [-0.25, -0.2) is 0 Å². The van der Waals surface area contributed by atoms with Crippen molar-refractivity contribution in [2.45, 2.75) is 17.1 Å². The number of hydrogen-bond acceptors (Lipinski definition) is 4. The monoisotopic (exact) mass is 375 g/mol. The van der Waals surface area contributed by atoms with Crippen LogP contribution in [0, 0.1) is 12.8 Å². The molecule has 4 rings (SSSR count). The quantitative estimate of drug-likeness (QED) is 0.496. The Bertz CT molecular complexity index is 968. The third kappa shape index (κ3) is 3.58. The van der Waals surface area contributed by atoms with Crippen molar-refractivity contribution in [2.24, 2.45) is 5.92 Å². The lowest BCUT2D eigenvalue weighted by Gasteiger charge is -2.30. The second-order valence-electron chi connectivity index (χ2n) is 6.76. The molecule has 0 saturated heterocycles. The molecule has 3 aromatic rings. The van der Waals surface area contributed by atoms with Gasteiger partial charge < -0.3 is 10.5 Å². The largest absolute Gasteiger partial charge is 0.492 e. The predicted molar refractivity (Wildman–Crippen MR) is 110 cm³/mol. The van der Waals surface area contributed by atoms with E-state index in [4.69, 9.17) is 10.5 Å². The zero-order chi connectivity index (χ0) is 18.8. The van der Waals surface area contributed by atoms with Crippen LogP contribution in [-0.4, -0.2) is 12.4 Å². The van der Waals surface area contributed by atoms with Crippen LogP contribution in [-0.2, 0) is 0 Å². The molecule has 27 heavy (non-hydrogen) atoms. The van der Waals surface area contributed by atoms with Crippen molar-refractivity contribution in [1.29, 1.82) is 0 Å². The molecule has 0 unspecified atom stereocenters. The molecule has 2 N–H and O–H groups in total. The lowest BCUT2D eigenvalue weighted by Crippen LogP contribution is -2.31. The van der Waals surface area contributed by atoms with E-state index in [-0.39, 0.29) is 17.0 Å². The van der Waals surface area contributed by atoms with Gasteiger partial charge in [-0.1, -0.05) is 54.1 Å². The Kier molecular flexibility index (Phi) is 4.90.